The Bertz CT molecular complexity index is 4360. The van der Waals surface area contributed by atoms with Gasteiger partial charge in [0.2, 0.25) is 112 Å². The first-order chi connectivity index (χ1) is 64.0. The average Bonchev–Trinajstić information content (AvgIpc) is 1.70. The number of primary amides is 2. The number of likely N-dealkylation sites (tertiary alicyclic amines) is 1. The molecule has 1 aromatic carbocycles. The number of carbonyl (C=O) groups excluding carboxylic acids is 19. The zero-order valence-electron chi connectivity index (χ0n) is 79.7. The molecule has 50 heteroatoms. The Kier molecular flexibility index (Phi) is 52.7. The van der Waals surface area contributed by atoms with E-state index < -0.39 is 314 Å². The second-order valence-electron chi connectivity index (χ2n) is 35.5. The Labute approximate surface area is 793 Å². The van der Waals surface area contributed by atoms with E-state index in [1.54, 1.807) is 41.5 Å². The van der Waals surface area contributed by atoms with Crippen molar-refractivity contribution < 1.29 is 136 Å². The third-order valence-corrected chi connectivity index (χ3v) is 22.0. The number of rotatable bonds is 64. The highest BCUT2D eigenvalue weighted by Gasteiger charge is 2.43. The van der Waals surface area contributed by atoms with Gasteiger partial charge in [-0.15, -0.1) is 0 Å². The predicted octanol–water partition coefficient (Wildman–Crippen LogP) is -6.55. The van der Waals surface area contributed by atoms with E-state index in [-0.39, 0.29) is 95.0 Å². The number of phenolic OH excluding ortho intramolecular Hbond substituents is 1. The maximum absolute atomic E-state index is 14.8. The van der Waals surface area contributed by atoms with E-state index in [2.05, 4.69) is 85.1 Å². The maximum Gasteiger partial charge on any atom is 0.326 e. The first-order valence-electron chi connectivity index (χ1n) is 45.6. The molecule has 31 N–H and O–H groups in total. The third-order valence-electron chi connectivity index (χ3n) is 22.0. The van der Waals surface area contributed by atoms with Gasteiger partial charge in [0.15, 0.2) is 0 Å². The summed E-state index contributed by atoms with van der Waals surface area (Å²) in [5, 5.41) is 87.8. The predicted molar refractivity (Wildman–Crippen MR) is 489 cm³/mol. The summed E-state index contributed by atoms with van der Waals surface area (Å²) in [7, 11) is 0. The zero-order chi connectivity index (χ0) is 104. The standard InChI is InChI=1S/C87H142N22O28/c1-41(2)37-57(79(128)98-51(19-14-16-34-88)76(125)99-53(26-30-61(90)111)78(127)105-59(87(136)137)39-62(91)112)104-80(129)58(38-49-22-24-50(110)25-23-49)103-72(121)47(12)95-75(124)54(28-32-65(116)117)97-71(120)48(13)96-83(132)68(43(5)6)107-81(130)60-21-18-36-109(60)86(135)56(20-15-17-35-89)102-77(126)55(29-33-66(118)119)101-84(133)69(44(7)8)108-85(134)70(45(9)10)106-73(122)46(11)94-63(113)40-93-74(123)52(27-31-64(114)115)100-82(131)67(92)42(3)4/h22-25,41-48,51-60,67-70,110H,14-21,26-40,88-89,92H2,1-13H3,(H2,90,111)(H2,91,112)(H,93,123)(H,94,113)(H,95,124)(H,96,132)(H,97,120)(H,98,128)(H,99,125)(H,100,131)(H,101,133)(H,102,126)(H,103,121)(H,104,129)(H,105,127)(H,106,122)(H,107,130)(H,108,134)(H,114,115)(H,116,117)(H,118,119)(H,136,137)/t46-,47-,48-,51-,52-,53-,54-,55-,56-,57-,58-,59-,60-,67-,68-,69-,70-/m0/s1. The number of nitrogens with zero attached hydrogens (tertiary/aromatic N) is 1. The number of phenols is 1. The number of carboxylic acid groups (broad SMARTS) is 4. The van der Waals surface area contributed by atoms with Crippen molar-refractivity contribution in [2.75, 3.05) is 26.2 Å². The van der Waals surface area contributed by atoms with Crippen LogP contribution in [0, 0.1) is 29.6 Å². The van der Waals surface area contributed by atoms with Gasteiger partial charge in [0.25, 0.3) is 0 Å². The SMILES string of the molecule is CC(C)C[C@H](NC(=O)[C@H](Cc1ccc(O)cc1)NC(=O)[C@H](C)NC(=O)[C@H](CCC(=O)O)NC(=O)[C@H](C)NC(=O)[C@@H](NC(=O)[C@@H]1CCCN1C(=O)[C@H](CCCCN)NC(=O)[C@H](CCC(=O)O)NC(=O)[C@@H](NC(=O)[C@@H](NC(=O)[C@H](C)NC(=O)CNC(=O)[C@H](CCC(=O)O)NC(=O)[C@@H](N)C(C)C)C(C)C)C(C)C)C(C)C)C(=O)N[C@@H](CCCCN)C(=O)N[C@@H](CCC(N)=O)C(=O)N[C@@H](CC(N)=O)C(=O)O. The lowest BCUT2D eigenvalue weighted by molar-refractivity contribution is -0.144. The van der Waals surface area contributed by atoms with Crippen molar-refractivity contribution >= 4 is 136 Å². The highest BCUT2D eigenvalue weighted by molar-refractivity contribution is 6.02. The van der Waals surface area contributed by atoms with Gasteiger partial charge >= 0.3 is 23.9 Å². The second kappa shape index (κ2) is 60.2. The normalized spacial score (nSPS) is 15.9. The highest BCUT2D eigenvalue weighted by atomic mass is 16.4. The number of nitrogens with two attached hydrogens (primary N) is 5. The van der Waals surface area contributed by atoms with Crippen LogP contribution in [0.25, 0.3) is 0 Å². The number of nitrogens with one attached hydrogen (secondary N) is 16. The van der Waals surface area contributed by atoms with Crippen LogP contribution in [0.3, 0.4) is 0 Å². The number of unbranched alkanes of at least 4 members (excludes halogenated alkanes) is 2. The Morgan fingerprint density at radius 2 is 0.730 bits per heavy atom. The minimum absolute atomic E-state index is 0.0184. The summed E-state index contributed by atoms with van der Waals surface area (Å²) in [6, 6.07) is -20.4. The molecule has 0 aliphatic carbocycles. The molecule has 1 aliphatic rings. The van der Waals surface area contributed by atoms with Gasteiger partial charge in [-0.1, -0.05) is 81.4 Å². The molecule has 137 heavy (non-hydrogen) atoms. The van der Waals surface area contributed by atoms with E-state index in [1.165, 1.54) is 72.7 Å². The molecule has 1 heterocycles. The smallest absolute Gasteiger partial charge is 0.326 e. The number of hydrogen-bond donors (Lipinski definition) is 26. The van der Waals surface area contributed by atoms with Crippen LogP contribution in [0.1, 0.15) is 211 Å². The third kappa shape index (κ3) is 43.9. The molecule has 1 aliphatic heterocycles. The van der Waals surface area contributed by atoms with Crippen molar-refractivity contribution in [1.82, 2.24) is 90.0 Å². The molecule has 0 spiro atoms. The van der Waals surface area contributed by atoms with Crippen LogP contribution >= 0.6 is 0 Å². The van der Waals surface area contributed by atoms with Crippen molar-refractivity contribution in [2.24, 2.45) is 58.3 Å². The largest absolute Gasteiger partial charge is 0.508 e. The Morgan fingerprint density at radius 1 is 0.372 bits per heavy atom. The number of carbonyl (C=O) groups is 23. The molecule has 0 bridgehead atoms. The minimum Gasteiger partial charge on any atom is -0.508 e. The molecule has 17 atom stereocenters. The molecular weight excluding hydrogens is 1800 g/mol. The van der Waals surface area contributed by atoms with E-state index in [0.29, 0.717) is 18.4 Å². The lowest BCUT2D eigenvalue weighted by Gasteiger charge is -2.32. The molecule has 1 saturated heterocycles. The van der Waals surface area contributed by atoms with Crippen LogP contribution in [0.4, 0.5) is 0 Å². The lowest BCUT2D eigenvalue weighted by atomic mass is 9.98. The number of aliphatic carboxylic acids is 4. The summed E-state index contributed by atoms with van der Waals surface area (Å²) >= 11 is 0. The number of benzene rings is 1. The molecule has 1 aromatic rings. The number of aromatic hydroxyl groups is 1. The topological polar surface area (TPSA) is 820 Å². The van der Waals surface area contributed by atoms with Gasteiger partial charge in [-0.05, 0) is 165 Å². The summed E-state index contributed by atoms with van der Waals surface area (Å²) in [6.45, 7) is 18.9. The van der Waals surface area contributed by atoms with Crippen LogP contribution < -0.4 is 114 Å². The van der Waals surface area contributed by atoms with Gasteiger partial charge in [0.05, 0.1) is 19.0 Å². The summed E-state index contributed by atoms with van der Waals surface area (Å²) in [5.74, 6) is -27.5. The monoisotopic (exact) mass is 1940 g/mol. The van der Waals surface area contributed by atoms with Crippen molar-refractivity contribution in [1.29, 1.82) is 0 Å². The molecule has 0 radical (unpaired) electrons. The molecule has 0 unspecified atom stereocenters. The van der Waals surface area contributed by atoms with Gasteiger partial charge < -0.3 is 144 Å². The van der Waals surface area contributed by atoms with Crippen LogP contribution in [-0.2, 0) is 117 Å². The van der Waals surface area contributed by atoms with Crippen LogP contribution in [0.5, 0.6) is 5.75 Å². The average molecular weight is 1940 g/mol. The molecule has 2 rings (SSSR count). The molecule has 768 valence electrons. The quantitative estimate of drug-likeness (QED) is 0.0270. The van der Waals surface area contributed by atoms with E-state index in [9.17, 15) is 136 Å². The number of hydrogen-bond acceptors (Lipinski definition) is 27. The zero-order valence-corrected chi connectivity index (χ0v) is 79.7. The molecule has 0 saturated carbocycles. The highest BCUT2D eigenvalue weighted by Crippen LogP contribution is 2.23. The first-order valence-corrected chi connectivity index (χ1v) is 45.6. The van der Waals surface area contributed by atoms with E-state index in [1.807, 2.05) is 0 Å². The minimum atomic E-state index is -1.85. The van der Waals surface area contributed by atoms with E-state index >= 15 is 0 Å². The summed E-state index contributed by atoms with van der Waals surface area (Å²) in [6.07, 6.45) is -4.79. The van der Waals surface area contributed by atoms with Gasteiger partial charge in [0, 0.05) is 38.6 Å². The molecule has 50 nitrogen and oxygen atoms in total. The van der Waals surface area contributed by atoms with E-state index in [0.717, 1.165) is 4.90 Å². The maximum atomic E-state index is 14.8. The molecule has 0 aromatic heterocycles. The molecule has 1 fully saturated rings. The van der Waals surface area contributed by atoms with Crippen molar-refractivity contribution in [3.63, 3.8) is 0 Å². The Hall–Kier alpha value is -13.3. The van der Waals surface area contributed by atoms with Gasteiger partial charge in [-0.25, -0.2) is 4.79 Å². The summed E-state index contributed by atoms with van der Waals surface area (Å²) < 4.78 is 0. The fourth-order valence-electron chi connectivity index (χ4n) is 13.9. The summed E-state index contributed by atoms with van der Waals surface area (Å²) in [5.41, 5.74) is 28.3. The van der Waals surface area contributed by atoms with Crippen LogP contribution in [0.15, 0.2) is 24.3 Å². The summed E-state index contributed by atoms with van der Waals surface area (Å²) in [4.78, 5) is 310. The van der Waals surface area contributed by atoms with Crippen LogP contribution in [0.2, 0.25) is 0 Å². The number of carboxylic acids is 4. The Morgan fingerprint density at radius 3 is 1.18 bits per heavy atom. The fraction of sp³-hybridized carbons (Fsp3) is 0.667. The molecule has 19 amide bonds. The van der Waals surface area contributed by atoms with Gasteiger partial charge in [-0.3, -0.25) is 105 Å². The number of amides is 19. The first kappa shape index (κ1) is 120. The second-order valence-corrected chi connectivity index (χ2v) is 35.5. The van der Waals surface area contributed by atoms with E-state index in [4.69, 9.17) is 28.7 Å². The molecular formula is C87H142N22O28. The Balaban J connectivity index is 2.40. The van der Waals surface area contributed by atoms with Crippen molar-refractivity contribution in [2.45, 2.75) is 315 Å². The fourth-order valence-corrected chi connectivity index (χ4v) is 13.9. The lowest BCUT2D eigenvalue weighted by Crippen LogP contribution is -2.61. The van der Waals surface area contributed by atoms with Gasteiger partial charge in [0.1, 0.15) is 102 Å². The van der Waals surface area contributed by atoms with Crippen molar-refractivity contribution in [3.8, 4) is 5.75 Å². The van der Waals surface area contributed by atoms with Crippen LogP contribution in [-0.4, -0.2) is 295 Å². The van der Waals surface area contributed by atoms with Crippen molar-refractivity contribution in [3.05, 3.63) is 29.8 Å². The van der Waals surface area contributed by atoms with Gasteiger partial charge in [-0.2, -0.15) is 0 Å².